The van der Waals surface area contributed by atoms with E-state index in [9.17, 15) is 0 Å². The molecule has 1 aromatic carbocycles. The highest BCUT2D eigenvalue weighted by Gasteiger charge is 2.03. The van der Waals surface area contributed by atoms with Gasteiger partial charge in [-0.3, -0.25) is 5.43 Å². The van der Waals surface area contributed by atoms with Gasteiger partial charge in [0.15, 0.2) is 5.82 Å². The minimum absolute atomic E-state index is 0.422. The fourth-order valence-electron chi connectivity index (χ4n) is 1.66. The second-order valence-corrected chi connectivity index (χ2v) is 5.09. The van der Waals surface area contributed by atoms with Gasteiger partial charge < -0.3 is 4.74 Å². The van der Waals surface area contributed by atoms with E-state index in [2.05, 4.69) is 15.5 Å². The molecule has 0 aliphatic carbocycles. The molecule has 0 bridgehead atoms. The summed E-state index contributed by atoms with van der Waals surface area (Å²) >= 11 is 11.8. The topological polar surface area (TPSA) is 46.5 Å². The van der Waals surface area contributed by atoms with Crippen molar-refractivity contribution < 1.29 is 4.74 Å². The molecule has 0 aliphatic rings. The number of anilines is 1. The first-order valence-electron chi connectivity index (χ1n) is 6.44. The Bertz CT molecular complexity index is 642. The van der Waals surface area contributed by atoms with Crippen molar-refractivity contribution in [3.05, 3.63) is 52.1 Å². The van der Waals surface area contributed by atoms with Gasteiger partial charge in [-0.1, -0.05) is 23.2 Å². The van der Waals surface area contributed by atoms with Crippen LogP contribution in [0.25, 0.3) is 0 Å². The molecular weight excluding hydrogens is 309 g/mol. The number of hydrogen-bond acceptors (Lipinski definition) is 4. The fraction of sp³-hybridized carbons (Fsp3) is 0.200. The van der Waals surface area contributed by atoms with Crippen LogP contribution in [0.4, 0.5) is 5.82 Å². The Morgan fingerprint density at radius 2 is 2.00 bits per heavy atom. The third-order valence-corrected chi connectivity index (χ3v) is 3.22. The van der Waals surface area contributed by atoms with E-state index in [0.717, 1.165) is 17.0 Å². The maximum atomic E-state index is 6.02. The SMILES string of the molecule is CCOc1ccc(/C(C)=N\Nc2ncc(Cl)cc2Cl)cc1. The summed E-state index contributed by atoms with van der Waals surface area (Å²) in [5.74, 6) is 1.30. The Balaban J connectivity index is 2.09. The van der Waals surface area contributed by atoms with E-state index < -0.39 is 0 Å². The number of pyridine rings is 1. The highest BCUT2D eigenvalue weighted by atomic mass is 35.5. The Labute approximate surface area is 133 Å². The lowest BCUT2D eigenvalue weighted by Crippen LogP contribution is -2.01. The summed E-state index contributed by atoms with van der Waals surface area (Å²) in [5.41, 5.74) is 4.63. The van der Waals surface area contributed by atoms with Crippen LogP contribution in [0, 0.1) is 0 Å². The van der Waals surface area contributed by atoms with Crippen LogP contribution >= 0.6 is 23.2 Å². The van der Waals surface area contributed by atoms with Crippen molar-refractivity contribution in [2.45, 2.75) is 13.8 Å². The van der Waals surface area contributed by atoms with E-state index in [0.29, 0.717) is 22.5 Å². The molecule has 0 atom stereocenters. The number of halogens is 2. The van der Waals surface area contributed by atoms with Gasteiger partial charge in [0.25, 0.3) is 0 Å². The summed E-state index contributed by atoms with van der Waals surface area (Å²) in [7, 11) is 0. The van der Waals surface area contributed by atoms with Crippen LogP contribution in [0.1, 0.15) is 19.4 Å². The molecule has 0 aliphatic heterocycles. The van der Waals surface area contributed by atoms with Crippen molar-refractivity contribution in [2.75, 3.05) is 12.0 Å². The molecule has 1 aromatic heterocycles. The van der Waals surface area contributed by atoms with Gasteiger partial charge in [-0.25, -0.2) is 4.98 Å². The first kappa shape index (κ1) is 15.6. The molecule has 1 N–H and O–H groups in total. The predicted molar refractivity (Wildman–Crippen MR) is 87.7 cm³/mol. The third-order valence-electron chi connectivity index (χ3n) is 2.72. The first-order valence-corrected chi connectivity index (χ1v) is 7.20. The standard InChI is InChI=1S/C15H15Cl2N3O/c1-3-21-13-6-4-11(5-7-13)10(2)19-20-15-14(17)8-12(16)9-18-15/h4-9H,3H2,1-2H3,(H,18,20)/b19-10-. The molecule has 21 heavy (non-hydrogen) atoms. The molecule has 0 saturated heterocycles. The predicted octanol–water partition coefficient (Wildman–Crippen LogP) is 4.62. The smallest absolute Gasteiger partial charge is 0.165 e. The van der Waals surface area contributed by atoms with Crippen molar-refractivity contribution in [1.29, 1.82) is 0 Å². The van der Waals surface area contributed by atoms with E-state index in [1.165, 1.54) is 6.20 Å². The van der Waals surface area contributed by atoms with Gasteiger partial charge in [-0.2, -0.15) is 5.10 Å². The Morgan fingerprint density at radius 3 is 2.62 bits per heavy atom. The number of benzene rings is 1. The molecule has 2 rings (SSSR count). The number of hydrazone groups is 1. The molecular formula is C15H15Cl2N3O. The Morgan fingerprint density at radius 1 is 1.29 bits per heavy atom. The third kappa shape index (κ3) is 4.34. The van der Waals surface area contributed by atoms with Crippen LogP contribution in [0.15, 0.2) is 41.6 Å². The zero-order valence-electron chi connectivity index (χ0n) is 11.7. The van der Waals surface area contributed by atoms with Gasteiger partial charge in [0.2, 0.25) is 0 Å². The molecule has 0 amide bonds. The minimum atomic E-state index is 0.422. The van der Waals surface area contributed by atoms with Crippen molar-refractivity contribution >= 4 is 34.7 Å². The number of nitrogens with zero attached hydrogens (tertiary/aromatic N) is 2. The summed E-state index contributed by atoms with van der Waals surface area (Å²) in [5, 5.41) is 5.17. The molecule has 2 aromatic rings. The van der Waals surface area contributed by atoms with Gasteiger partial charge in [0, 0.05) is 6.20 Å². The summed E-state index contributed by atoms with van der Waals surface area (Å²) in [6.45, 7) is 4.49. The molecule has 1 heterocycles. The molecule has 0 spiro atoms. The van der Waals surface area contributed by atoms with E-state index in [1.54, 1.807) is 6.07 Å². The summed E-state index contributed by atoms with van der Waals surface area (Å²) < 4.78 is 5.40. The molecule has 110 valence electrons. The lowest BCUT2D eigenvalue weighted by Gasteiger charge is -2.06. The van der Waals surface area contributed by atoms with Gasteiger partial charge in [-0.15, -0.1) is 0 Å². The number of hydrogen-bond donors (Lipinski definition) is 1. The molecule has 0 radical (unpaired) electrons. The van der Waals surface area contributed by atoms with Gasteiger partial charge in [-0.05, 0) is 49.7 Å². The number of ether oxygens (including phenoxy) is 1. The van der Waals surface area contributed by atoms with Crippen molar-refractivity contribution in [2.24, 2.45) is 5.10 Å². The van der Waals surface area contributed by atoms with Crippen LogP contribution in [0.2, 0.25) is 10.0 Å². The second-order valence-electron chi connectivity index (χ2n) is 4.25. The van der Waals surface area contributed by atoms with Gasteiger partial charge in [0.1, 0.15) is 5.75 Å². The first-order chi connectivity index (χ1) is 10.1. The van der Waals surface area contributed by atoms with Crippen LogP contribution in [-0.4, -0.2) is 17.3 Å². The summed E-state index contributed by atoms with van der Waals surface area (Å²) in [6, 6.07) is 9.32. The van der Waals surface area contributed by atoms with Crippen LogP contribution in [-0.2, 0) is 0 Å². The van der Waals surface area contributed by atoms with Crippen molar-refractivity contribution in [3.63, 3.8) is 0 Å². The van der Waals surface area contributed by atoms with E-state index in [4.69, 9.17) is 27.9 Å². The largest absolute Gasteiger partial charge is 0.494 e. The lowest BCUT2D eigenvalue weighted by atomic mass is 10.1. The zero-order valence-corrected chi connectivity index (χ0v) is 13.2. The average molecular weight is 324 g/mol. The van der Waals surface area contributed by atoms with Crippen molar-refractivity contribution in [1.82, 2.24) is 4.98 Å². The van der Waals surface area contributed by atoms with E-state index in [1.807, 2.05) is 38.1 Å². The van der Waals surface area contributed by atoms with E-state index >= 15 is 0 Å². The van der Waals surface area contributed by atoms with Crippen LogP contribution in [0.3, 0.4) is 0 Å². The van der Waals surface area contributed by atoms with Crippen LogP contribution in [0.5, 0.6) is 5.75 Å². The average Bonchev–Trinajstić information content (AvgIpc) is 2.47. The zero-order chi connectivity index (χ0) is 15.2. The monoisotopic (exact) mass is 323 g/mol. The summed E-state index contributed by atoms with van der Waals surface area (Å²) in [6.07, 6.45) is 1.51. The van der Waals surface area contributed by atoms with Gasteiger partial charge >= 0.3 is 0 Å². The fourth-order valence-corrected chi connectivity index (χ4v) is 2.08. The number of aromatic nitrogens is 1. The Kier molecular flexibility index (Phi) is 5.42. The van der Waals surface area contributed by atoms with E-state index in [-0.39, 0.29) is 0 Å². The Hall–Kier alpha value is -1.78. The highest BCUT2D eigenvalue weighted by Crippen LogP contribution is 2.22. The quantitative estimate of drug-likeness (QED) is 0.645. The molecule has 0 fully saturated rings. The molecule has 0 unspecified atom stereocenters. The molecule has 6 heteroatoms. The second kappa shape index (κ2) is 7.29. The highest BCUT2D eigenvalue weighted by molar-refractivity contribution is 6.35. The molecule has 4 nitrogen and oxygen atoms in total. The maximum absolute atomic E-state index is 6.02. The van der Waals surface area contributed by atoms with Crippen LogP contribution < -0.4 is 10.2 Å². The minimum Gasteiger partial charge on any atom is -0.494 e. The number of nitrogens with one attached hydrogen (secondary N) is 1. The number of rotatable bonds is 5. The van der Waals surface area contributed by atoms with Crippen molar-refractivity contribution in [3.8, 4) is 5.75 Å². The lowest BCUT2D eigenvalue weighted by molar-refractivity contribution is 0.340. The molecule has 0 saturated carbocycles. The summed E-state index contributed by atoms with van der Waals surface area (Å²) in [4.78, 5) is 4.08. The van der Waals surface area contributed by atoms with Gasteiger partial charge in [0.05, 0.1) is 22.4 Å². The normalized spacial score (nSPS) is 11.3. The maximum Gasteiger partial charge on any atom is 0.165 e.